The fourth-order valence-electron chi connectivity index (χ4n) is 2.20. The molecule has 0 radical (unpaired) electrons. The lowest BCUT2D eigenvalue weighted by Gasteiger charge is -2.30. The Labute approximate surface area is 110 Å². The van der Waals surface area contributed by atoms with Crippen molar-refractivity contribution in [3.63, 3.8) is 0 Å². The summed E-state index contributed by atoms with van der Waals surface area (Å²) in [5, 5.41) is 9.55. The van der Waals surface area contributed by atoms with Gasteiger partial charge >= 0.3 is 0 Å². The number of primary amides is 1. The van der Waals surface area contributed by atoms with Crippen molar-refractivity contribution < 1.29 is 4.79 Å². The zero-order valence-corrected chi connectivity index (χ0v) is 10.9. The highest BCUT2D eigenvalue weighted by Gasteiger charge is 2.21. The van der Waals surface area contributed by atoms with Gasteiger partial charge in [-0.05, 0) is 31.8 Å². The van der Waals surface area contributed by atoms with Gasteiger partial charge in [-0.25, -0.2) is 5.84 Å². The van der Waals surface area contributed by atoms with Crippen LogP contribution in [0.15, 0.2) is 0 Å². The summed E-state index contributed by atoms with van der Waals surface area (Å²) in [6.45, 7) is 2.74. The van der Waals surface area contributed by atoms with Crippen molar-refractivity contribution >= 4 is 22.4 Å². The number of hydrazine groups is 1. The van der Waals surface area contributed by atoms with Gasteiger partial charge in [-0.15, -0.1) is 10.2 Å². The second kappa shape index (κ2) is 6.07. The maximum atomic E-state index is 10.8. The molecule has 0 aliphatic carbocycles. The second-order valence-electron chi connectivity index (χ2n) is 4.54. The van der Waals surface area contributed by atoms with Crippen molar-refractivity contribution in [2.45, 2.75) is 25.8 Å². The van der Waals surface area contributed by atoms with Crippen LogP contribution < -0.4 is 17.0 Å². The van der Waals surface area contributed by atoms with Gasteiger partial charge in [0.05, 0.1) is 6.54 Å². The summed E-state index contributed by atoms with van der Waals surface area (Å²) in [5.74, 6) is 5.50. The summed E-state index contributed by atoms with van der Waals surface area (Å²) in [5.41, 5.74) is 7.70. The molecule has 1 saturated heterocycles. The van der Waals surface area contributed by atoms with Crippen LogP contribution in [0.2, 0.25) is 0 Å². The minimum Gasteiger partial charge on any atom is -0.370 e. The first-order chi connectivity index (χ1) is 8.67. The number of anilines is 1. The summed E-state index contributed by atoms with van der Waals surface area (Å²) >= 11 is 1.46. The minimum atomic E-state index is -0.198. The third-order valence-electron chi connectivity index (χ3n) is 3.15. The van der Waals surface area contributed by atoms with E-state index in [2.05, 4.69) is 20.5 Å². The van der Waals surface area contributed by atoms with Crippen LogP contribution in [-0.2, 0) is 11.3 Å². The number of aromatic nitrogens is 2. The molecule has 18 heavy (non-hydrogen) atoms. The predicted molar refractivity (Wildman–Crippen MR) is 69.5 cm³/mol. The van der Waals surface area contributed by atoms with Gasteiger partial charge in [0.25, 0.3) is 0 Å². The molecule has 1 aromatic heterocycles. The number of rotatable bonds is 5. The lowest BCUT2D eigenvalue weighted by Crippen LogP contribution is -2.34. The monoisotopic (exact) mass is 270 g/mol. The molecule has 1 aliphatic rings. The Morgan fingerprint density at radius 2 is 2.17 bits per heavy atom. The zero-order chi connectivity index (χ0) is 13.0. The van der Waals surface area contributed by atoms with Gasteiger partial charge in [-0.3, -0.25) is 15.1 Å². The smallest absolute Gasteiger partial charge is 0.219 e. The SMILES string of the molecule is NNc1nnc(CN2CCC(CC(N)=O)CC2)s1. The third kappa shape index (κ3) is 3.62. The molecular formula is C10H18N6OS. The van der Waals surface area contributed by atoms with E-state index < -0.39 is 0 Å². The summed E-state index contributed by atoms with van der Waals surface area (Å²) in [6, 6.07) is 0. The third-order valence-corrected chi connectivity index (χ3v) is 3.99. The van der Waals surface area contributed by atoms with Crippen molar-refractivity contribution in [3.8, 4) is 0 Å². The van der Waals surface area contributed by atoms with E-state index in [1.54, 1.807) is 0 Å². The summed E-state index contributed by atoms with van der Waals surface area (Å²) in [7, 11) is 0. The maximum absolute atomic E-state index is 10.8. The average molecular weight is 270 g/mol. The minimum absolute atomic E-state index is 0.198. The normalized spacial score (nSPS) is 17.8. The van der Waals surface area contributed by atoms with Crippen molar-refractivity contribution in [2.24, 2.45) is 17.5 Å². The van der Waals surface area contributed by atoms with E-state index in [1.807, 2.05) is 0 Å². The van der Waals surface area contributed by atoms with Crippen LogP contribution in [0.1, 0.15) is 24.3 Å². The van der Waals surface area contributed by atoms with Crippen LogP contribution in [0.5, 0.6) is 0 Å². The molecule has 1 aromatic rings. The van der Waals surface area contributed by atoms with E-state index in [9.17, 15) is 4.79 Å². The van der Waals surface area contributed by atoms with Crippen molar-refractivity contribution in [3.05, 3.63) is 5.01 Å². The van der Waals surface area contributed by atoms with Crippen LogP contribution in [0.3, 0.4) is 0 Å². The molecule has 1 amide bonds. The van der Waals surface area contributed by atoms with Gasteiger partial charge in [0.2, 0.25) is 11.0 Å². The molecule has 0 spiro atoms. The number of likely N-dealkylation sites (tertiary alicyclic amines) is 1. The molecule has 0 atom stereocenters. The fourth-order valence-corrected chi connectivity index (χ4v) is 2.89. The largest absolute Gasteiger partial charge is 0.370 e. The van der Waals surface area contributed by atoms with Gasteiger partial charge in [0.15, 0.2) is 0 Å². The molecule has 1 aliphatic heterocycles. The van der Waals surface area contributed by atoms with E-state index in [0.717, 1.165) is 37.5 Å². The number of nitrogens with two attached hydrogens (primary N) is 2. The molecule has 100 valence electrons. The van der Waals surface area contributed by atoms with Gasteiger partial charge in [0.1, 0.15) is 5.01 Å². The Hall–Kier alpha value is -1.25. The van der Waals surface area contributed by atoms with Crippen LogP contribution in [0.25, 0.3) is 0 Å². The Balaban J connectivity index is 1.78. The van der Waals surface area contributed by atoms with Gasteiger partial charge in [-0.1, -0.05) is 11.3 Å². The highest BCUT2D eigenvalue weighted by Crippen LogP contribution is 2.23. The molecule has 8 heteroatoms. The number of carbonyl (C=O) groups excluding carboxylic acids is 1. The molecule has 7 nitrogen and oxygen atoms in total. The quantitative estimate of drug-likeness (QED) is 0.509. The van der Waals surface area contributed by atoms with Crippen LogP contribution in [0.4, 0.5) is 5.13 Å². The number of hydrogen-bond acceptors (Lipinski definition) is 7. The molecule has 5 N–H and O–H groups in total. The topological polar surface area (TPSA) is 110 Å². The first-order valence-corrected chi connectivity index (χ1v) is 6.78. The highest BCUT2D eigenvalue weighted by atomic mass is 32.1. The van der Waals surface area contributed by atoms with E-state index in [4.69, 9.17) is 11.6 Å². The number of carbonyl (C=O) groups is 1. The first kappa shape index (κ1) is 13.2. The standard InChI is InChI=1S/C10H18N6OS/c11-8(17)5-7-1-3-16(4-2-7)6-9-14-15-10(13-12)18-9/h7H,1-6,12H2,(H2,11,17)(H,13,15). The second-order valence-corrected chi connectivity index (χ2v) is 5.60. The Morgan fingerprint density at radius 1 is 1.44 bits per heavy atom. The number of amides is 1. The Morgan fingerprint density at radius 3 is 2.72 bits per heavy atom. The maximum Gasteiger partial charge on any atom is 0.219 e. The number of hydrogen-bond donors (Lipinski definition) is 3. The van der Waals surface area contributed by atoms with Crippen molar-refractivity contribution in [1.29, 1.82) is 0 Å². The van der Waals surface area contributed by atoms with E-state index >= 15 is 0 Å². The van der Waals surface area contributed by atoms with Gasteiger partial charge in [0, 0.05) is 6.42 Å². The molecule has 1 fully saturated rings. The molecular weight excluding hydrogens is 252 g/mol. The van der Waals surface area contributed by atoms with Gasteiger partial charge in [-0.2, -0.15) is 0 Å². The van der Waals surface area contributed by atoms with Crippen LogP contribution in [-0.4, -0.2) is 34.1 Å². The molecule has 2 heterocycles. The Kier molecular flexibility index (Phi) is 4.45. The zero-order valence-electron chi connectivity index (χ0n) is 10.1. The lowest BCUT2D eigenvalue weighted by atomic mass is 9.93. The number of piperidine rings is 1. The number of nitrogens with zero attached hydrogens (tertiary/aromatic N) is 3. The van der Waals surface area contributed by atoms with Crippen LogP contribution >= 0.6 is 11.3 Å². The fraction of sp³-hybridized carbons (Fsp3) is 0.700. The summed E-state index contributed by atoms with van der Waals surface area (Å²) in [6.07, 6.45) is 2.54. The van der Waals surface area contributed by atoms with Crippen molar-refractivity contribution in [1.82, 2.24) is 15.1 Å². The molecule has 2 rings (SSSR count). The highest BCUT2D eigenvalue weighted by molar-refractivity contribution is 7.15. The Bertz CT molecular complexity index is 401. The summed E-state index contributed by atoms with van der Waals surface area (Å²) in [4.78, 5) is 13.2. The van der Waals surface area contributed by atoms with Crippen molar-refractivity contribution in [2.75, 3.05) is 18.5 Å². The lowest BCUT2D eigenvalue weighted by molar-refractivity contribution is -0.119. The molecule has 0 aromatic carbocycles. The van der Waals surface area contributed by atoms with E-state index in [1.165, 1.54) is 11.3 Å². The molecule has 0 saturated carbocycles. The molecule has 0 bridgehead atoms. The van der Waals surface area contributed by atoms with E-state index in [-0.39, 0.29) is 5.91 Å². The summed E-state index contributed by atoms with van der Waals surface area (Å²) < 4.78 is 0. The van der Waals surface area contributed by atoms with E-state index in [0.29, 0.717) is 17.5 Å². The average Bonchev–Trinajstić information content (AvgIpc) is 2.79. The van der Waals surface area contributed by atoms with Crippen LogP contribution in [0, 0.1) is 5.92 Å². The first-order valence-electron chi connectivity index (χ1n) is 5.97. The number of nitrogen functional groups attached to an aromatic ring is 1. The predicted octanol–water partition coefficient (Wildman–Crippen LogP) is -0.0889. The molecule has 0 unspecified atom stereocenters. The van der Waals surface area contributed by atoms with Gasteiger partial charge < -0.3 is 5.73 Å². The number of nitrogens with one attached hydrogen (secondary N) is 1.